The first-order valence-electron chi connectivity index (χ1n) is 5.64. The van der Waals surface area contributed by atoms with Crippen molar-refractivity contribution in [1.29, 1.82) is 0 Å². The van der Waals surface area contributed by atoms with E-state index in [-0.39, 0.29) is 12.1 Å². The molecule has 0 radical (unpaired) electrons. The van der Waals surface area contributed by atoms with Gasteiger partial charge in [-0.05, 0) is 13.0 Å². The Balaban J connectivity index is 2.53. The SMILES string of the molecule is CNC(=O)NC(=O)CN[C@H](C)c1ccc(F)cc1F. The van der Waals surface area contributed by atoms with Gasteiger partial charge in [0.15, 0.2) is 0 Å². The fourth-order valence-electron chi connectivity index (χ4n) is 1.44. The highest BCUT2D eigenvalue weighted by Crippen LogP contribution is 2.17. The van der Waals surface area contributed by atoms with Gasteiger partial charge in [0.1, 0.15) is 11.6 Å². The van der Waals surface area contributed by atoms with Gasteiger partial charge in [-0.2, -0.15) is 0 Å². The molecule has 0 unspecified atom stereocenters. The van der Waals surface area contributed by atoms with Gasteiger partial charge >= 0.3 is 6.03 Å². The van der Waals surface area contributed by atoms with Gasteiger partial charge in [-0.1, -0.05) is 6.07 Å². The summed E-state index contributed by atoms with van der Waals surface area (Å²) >= 11 is 0. The van der Waals surface area contributed by atoms with Crippen molar-refractivity contribution in [2.75, 3.05) is 13.6 Å². The minimum Gasteiger partial charge on any atom is -0.341 e. The van der Waals surface area contributed by atoms with Gasteiger partial charge < -0.3 is 10.6 Å². The number of imide groups is 1. The summed E-state index contributed by atoms with van der Waals surface area (Å²) in [6, 6.07) is 2.11. The maximum Gasteiger partial charge on any atom is 0.321 e. The van der Waals surface area contributed by atoms with Gasteiger partial charge in [0.2, 0.25) is 5.91 Å². The zero-order valence-electron chi connectivity index (χ0n) is 10.6. The summed E-state index contributed by atoms with van der Waals surface area (Å²) in [7, 11) is 1.38. The van der Waals surface area contributed by atoms with Crippen molar-refractivity contribution in [1.82, 2.24) is 16.0 Å². The van der Waals surface area contributed by atoms with Gasteiger partial charge in [0, 0.05) is 24.7 Å². The largest absolute Gasteiger partial charge is 0.341 e. The fraction of sp³-hybridized carbons (Fsp3) is 0.333. The van der Waals surface area contributed by atoms with Crippen LogP contribution in [0.25, 0.3) is 0 Å². The number of amides is 3. The summed E-state index contributed by atoms with van der Waals surface area (Å²) in [5.41, 5.74) is 0.245. The Labute approximate surface area is 109 Å². The summed E-state index contributed by atoms with van der Waals surface area (Å²) in [6.45, 7) is 1.47. The summed E-state index contributed by atoms with van der Waals surface area (Å²) in [5.74, 6) is -1.90. The topological polar surface area (TPSA) is 70.2 Å². The maximum atomic E-state index is 13.4. The molecule has 0 aliphatic carbocycles. The van der Waals surface area contributed by atoms with Crippen LogP contribution < -0.4 is 16.0 Å². The zero-order chi connectivity index (χ0) is 14.4. The van der Waals surface area contributed by atoms with Crippen LogP contribution in [0, 0.1) is 11.6 Å². The van der Waals surface area contributed by atoms with Crippen LogP contribution in [0.3, 0.4) is 0 Å². The van der Waals surface area contributed by atoms with Crippen LogP contribution in [0.4, 0.5) is 13.6 Å². The van der Waals surface area contributed by atoms with Crippen molar-refractivity contribution in [3.8, 4) is 0 Å². The number of urea groups is 1. The zero-order valence-corrected chi connectivity index (χ0v) is 10.6. The van der Waals surface area contributed by atoms with Crippen LogP contribution in [0.5, 0.6) is 0 Å². The second-order valence-corrected chi connectivity index (χ2v) is 3.90. The van der Waals surface area contributed by atoms with E-state index in [1.807, 2.05) is 0 Å². The standard InChI is InChI=1S/C12H15F2N3O2/c1-7(9-4-3-8(13)5-10(9)14)16-6-11(18)17-12(19)15-2/h3-5,7,16H,6H2,1-2H3,(H2,15,17,18,19)/t7-/m1/s1. The molecule has 0 bridgehead atoms. The van der Waals surface area contributed by atoms with E-state index in [0.717, 1.165) is 12.1 Å². The van der Waals surface area contributed by atoms with Crippen LogP contribution >= 0.6 is 0 Å². The van der Waals surface area contributed by atoms with Crippen LogP contribution in [0.2, 0.25) is 0 Å². The van der Waals surface area contributed by atoms with Crippen molar-refractivity contribution < 1.29 is 18.4 Å². The lowest BCUT2D eigenvalue weighted by atomic mass is 10.1. The summed E-state index contributed by atoms with van der Waals surface area (Å²) in [6.07, 6.45) is 0. The van der Waals surface area contributed by atoms with Crippen molar-refractivity contribution >= 4 is 11.9 Å². The minimum absolute atomic E-state index is 0.161. The Hall–Kier alpha value is -2.02. The van der Waals surface area contributed by atoms with E-state index in [9.17, 15) is 18.4 Å². The number of carbonyl (C=O) groups is 2. The number of carbonyl (C=O) groups excluding carboxylic acids is 2. The molecular weight excluding hydrogens is 256 g/mol. The number of halogens is 2. The minimum atomic E-state index is -0.688. The summed E-state index contributed by atoms with van der Waals surface area (Å²) in [4.78, 5) is 22.2. The molecule has 0 heterocycles. The number of benzene rings is 1. The van der Waals surface area contributed by atoms with E-state index >= 15 is 0 Å². The Morgan fingerprint density at radius 3 is 2.58 bits per heavy atom. The van der Waals surface area contributed by atoms with Crippen molar-refractivity contribution in [2.24, 2.45) is 0 Å². The second kappa shape index (κ2) is 6.79. The maximum absolute atomic E-state index is 13.4. The van der Waals surface area contributed by atoms with Gasteiger partial charge in [0.25, 0.3) is 0 Å². The molecule has 0 spiro atoms. The quantitative estimate of drug-likeness (QED) is 0.767. The Morgan fingerprint density at radius 2 is 2.00 bits per heavy atom. The predicted molar refractivity (Wildman–Crippen MR) is 65.4 cm³/mol. The third-order valence-electron chi connectivity index (χ3n) is 2.48. The van der Waals surface area contributed by atoms with Crippen LogP contribution in [-0.2, 0) is 4.79 Å². The van der Waals surface area contributed by atoms with Gasteiger partial charge in [0.05, 0.1) is 6.54 Å². The van der Waals surface area contributed by atoms with E-state index in [0.29, 0.717) is 0 Å². The Bertz CT molecular complexity index is 480. The van der Waals surface area contributed by atoms with E-state index in [2.05, 4.69) is 16.0 Å². The lowest BCUT2D eigenvalue weighted by Gasteiger charge is -2.14. The summed E-state index contributed by atoms with van der Waals surface area (Å²) < 4.78 is 26.2. The van der Waals surface area contributed by atoms with E-state index in [1.165, 1.54) is 13.1 Å². The normalized spacial score (nSPS) is 11.8. The molecule has 1 rings (SSSR count). The molecule has 3 amide bonds. The monoisotopic (exact) mass is 271 g/mol. The molecule has 0 fully saturated rings. The number of nitrogens with one attached hydrogen (secondary N) is 3. The molecule has 5 nitrogen and oxygen atoms in total. The molecule has 1 aromatic rings. The van der Waals surface area contributed by atoms with E-state index < -0.39 is 29.6 Å². The molecule has 0 aliphatic heterocycles. The number of hydrogen-bond donors (Lipinski definition) is 3. The van der Waals surface area contributed by atoms with E-state index in [4.69, 9.17) is 0 Å². The highest BCUT2D eigenvalue weighted by atomic mass is 19.1. The highest BCUT2D eigenvalue weighted by molar-refractivity contribution is 5.95. The third kappa shape index (κ3) is 4.63. The fourth-order valence-corrected chi connectivity index (χ4v) is 1.44. The average Bonchev–Trinajstić information content (AvgIpc) is 2.35. The molecule has 19 heavy (non-hydrogen) atoms. The molecule has 0 aliphatic rings. The first-order chi connectivity index (χ1) is 8.93. The molecule has 3 N–H and O–H groups in total. The number of hydrogen-bond acceptors (Lipinski definition) is 3. The van der Waals surface area contributed by atoms with Crippen LogP contribution in [0.15, 0.2) is 18.2 Å². The summed E-state index contributed by atoms with van der Waals surface area (Å²) in [5, 5.41) is 7.02. The van der Waals surface area contributed by atoms with E-state index in [1.54, 1.807) is 6.92 Å². The van der Waals surface area contributed by atoms with Crippen molar-refractivity contribution in [2.45, 2.75) is 13.0 Å². The molecule has 1 atom stereocenters. The van der Waals surface area contributed by atoms with Gasteiger partial charge in [-0.25, -0.2) is 13.6 Å². The third-order valence-corrected chi connectivity index (χ3v) is 2.48. The van der Waals surface area contributed by atoms with Crippen LogP contribution in [0.1, 0.15) is 18.5 Å². The molecule has 0 aromatic heterocycles. The molecule has 1 aromatic carbocycles. The smallest absolute Gasteiger partial charge is 0.321 e. The lowest BCUT2D eigenvalue weighted by molar-refractivity contribution is -0.119. The molecule has 0 saturated heterocycles. The van der Waals surface area contributed by atoms with Crippen molar-refractivity contribution in [3.05, 3.63) is 35.4 Å². The first-order valence-corrected chi connectivity index (χ1v) is 5.64. The second-order valence-electron chi connectivity index (χ2n) is 3.90. The Kier molecular flexibility index (Phi) is 5.37. The van der Waals surface area contributed by atoms with Crippen LogP contribution in [-0.4, -0.2) is 25.5 Å². The average molecular weight is 271 g/mol. The molecule has 104 valence electrons. The lowest BCUT2D eigenvalue weighted by Crippen LogP contribution is -2.42. The predicted octanol–water partition coefficient (Wildman–Crippen LogP) is 1.07. The van der Waals surface area contributed by atoms with Gasteiger partial charge in [-0.15, -0.1) is 0 Å². The molecule has 0 saturated carbocycles. The van der Waals surface area contributed by atoms with Gasteiger partial charge in [-0.3, -0.25) is 10.1 Å². The number of rotatable bonds is 4. The highest BCUT2D eigenvalue weighted by Gasteiger charge is 2.13. The van der Waals surface area contributed by atoms with Crippen molar-refractivity contribution in [3.63, 3.8) is 0 Å². The Morgan fingerprint density at radius 1 is 1.32 bits per heavy atom. The molecule has 7 heteroatoms. The first kappa shape index (κ1) is 15.0. The molecular formula is C12H15F2N3O2.